The number of nitrogens with zero attached hydrogens (tertiary/aromatic N) is 1. The predicted octanol–water partition coefficient (Wildman–Crippen LogP) is 2.40. The van der Waals surface area contributed by atoms with Crippen LogP contribution in [-0.2, 0) is 10.0 Å². The molecule has 0 N–H and O–H groups in total. The third kappa shape index (κ3) is 2.99. The first-order valence-corrected chi connectivity index (χ1v) is 4.64. The zero-order valence-electron chi connectivity index (χ0n) is 9.47. The summed E-state index contributed by atoms with van der Waals surface area (Å²) >= 11 is 0. The van der Waals surface area contributed by atoms with E-state index in [1.165, 1.54) is 0 Å². The summed E-state index contributed by atoms with van der Waals surface area (Å²) in [6.45, 7) is 10.7. The Bertz CT molecular complexity index is 192. The third-order valence-corrected chi connectivity index (χ3v) is 2.26. The fourth-order valence-corrected chi connectivity index (χ4v) is 0.731. The zero-order valence-corrected chi connectivity index (χ0v) is 9.47. The molecule has 3 heteroatoms. The van der Waals surface area contributed by atoms with Crippen molar-refractivity contribution in [2.75, 3.05) is 0 Å². The number of amides is 1. The van der Waals surface area contributed by atoms with Crippen molar-refractivity contribution >= 4 is 5.91 Å². The van der Waals surface area contributed by atoms with Gasteiger partial charge >= 0.3 is 0 Å². The van der Waals surface area contributed by atoms with Gasteiger partial charge in [0, 0.05) is 5.41 Å². The minimum Gasteiger partial charge on any atom is -0.272 e. The molecule has 0 fully saturated rings. The minimum absolute atomic E-state index is 0.331. The molecule has 0 bridgehead atoms. The predicted molar refractivity (Wildman–Crippen MR) is 51.4 cm³/mol. The van der Waals surface area contributed by atoms with Crippen LogP contribution in [0.15, 0.2) is 0 Å². The van der Waals surface area contributed by atoms with Crippen LogP contribution in [0.4, 0.5) is 0 Å². The van der Waals surface area contributed by atoms with Crippen LogP contribution in [0.5, 0.6) is 0 Å². The van der Waals surface area contributed by atoms with Crippen molar-refractivity contribution in [2.24, 2.45) is 5.41 Å². The number of hydrogen-bond donors (Lipinski definition) is 0. The summed E-state index contributed by atoms with van der Waals surface area (Å²) in [7, 11) is 0. The number of hydrogen-bond acceptors (Lipinski definition) is 1. The second-order valence-corrected chi connectivity index (χ2v) is 5.01. The van der Waals surface area contributed by atoms with Crippen LogP contribution in [0.3, 0.4) is 0 Å². The van der Waals surface area contributed by atoms with E-state index in [9.17, 15) is 10.0 Å². The molecule has 3 nitrogen and oxygen atoms in total. The zero-order chi connectivity index (χ0) is 10.9. The molecule has 0 aliphatic rings. The van der Waals surface area contributed by atoms with Gasteiger partial charge in [-0.25, -0.2) is 0 Å². The molecule has 0 unspecified atom stereocenters. The lowest BCUT2D eigenvalue weighted by atomic mass is 9.88. The van der Waals surface area contributed by atoms with E-state index in [1.54, 1.807) is 34.6 Å². The number of rotatable bonds is 2. The fraction of sp³-hybridized carbons (Fsp3) is 0.900. The SMILES string of the molecule is CCC(C)(C)C(=O)N([O])C(C)(C)C. The Morgan fingerprint density at radius 3 is 1.77 bits per heavy atom. The Labute approximate surface area is 80.7 Å². The fourth-order valence-electron chi connectivity index (χ4n) is 0.731. The molecule has 0 spiro atoms. The first-order chi connectivity index (χ1) is 5.63. The minimum atomic E-state index is -0.635. The Balaban J connectivity index is 4.63. The monoisotopic (exact) mass is 186 g/mol. The average Bonchev–Trinajstić information content (AvgIpc) is 2.00. The molecule has 0 aliphatic heterocycles. The molecule has 0 rings (SSSR count). The summed E-state index contributed by atoms with van der Waals surface area (Å²) in [5, 5.41) is 12.1. The van der Waals surface area contributed by atoms with Crippen molar-refractivity contribution in [3.8, 4) is 0 Å². The summed E-state index contributed by atoms with van der Waals surface area (Å²) in [4.78, 5) is 11.7. The van der Waals surface area contributed by atoms with E-state index in [4.69, 9.17) is 0 Å². The van der Waals surface area contributed by atoms with Crippen LogP contribution in [-0.4, -0.2) is 16.5 Å². The van der Waals surface area contributed by atoms with Gasteiger partial charge < -0.3 is 0 Å². The summed E-state index contributed by atoms with van der Waals surface area (Å²) in [6.07, 6.45) is 0.681. The maximum atomic E-state index is 11.7. The molecule has 13 heavy (non-hydrogen) atoms. The van der Waals surface area contributed by atoms with E-state index in [1.807, 2.05) is 6.92 Å². The standard InChI is InChI=1S/C10H20NO2/c1-7-10(5,6)8(12)11(13)9(2,3)4/h7H2,1-6H3. The highest BCUT2D eigenvalue weighted by molar-refractivity contribution is 5.81. The molecule has 0 aliphatic carbocycles. The van der Waals surface area contributed by atoms with Crippen molar-refractivity contribution in [3.05, 3.63) is 0 Å². The lowest BCUT2D eigenvalue weighted by Gasteiger charge is -2.33. The summed E-state index contributed by atoms with van der Waals surface area (Å²) in [5.74, 6) is -0.331. The van der Waals surface area contributed by atoms with Crippen molar-refractivity contribution in [2.45, 2.75) is 53.5 Å². The van der Waals surface area contributed by atoms with E-state index < -0.39 is 11.0 Å². The Kier molecular flexibility index (Phi) is 3.50. The lowest BCUT2D eigenvalue weighted by molar-refractivity contribution is -0.224. The lowest BCUT2D eigenvalue weighted by Crippen LogP contribution is -2.47. The van der Waals surface area contributed by atoms with Gasteiger partial charge in [0.05, 0.1) is 5.54 Å². The van der Waals surface area contributed by atoms with E-state index in [0.717, 1.165) is 0 Å². The van der Waals surface area contributed by atoms with Gasteiger partial charge in [0.15, 0.2) is 0 Å². The average molecular weight is 186 g/mol. The maximum absolute atomic E-state index is 11.7. The first-order valence-electron chi connectivity index (χ1n) is 4.64. The molecule has 0 saturated carbocycles. The molecule has 0 aromatic carbocycles. The van der Waals surface area contributed by atoms with Crippen LogP contribution >= 0.6 is 0 Å². The smallest absolute Gasteiger partial charge is 0.254 e. The molecule has 0 saturated heterocycles. The Morgan fingerprint density at radius 1 is 1.15 bits per heavy atom. The second-order valence-electron chi connectivity index (χ2n) is 5.01. The topological polar surface area (TPSA) is 40.2 Å². The van der Waals surface area contributed by atoms with Crippen molar-refractivity contribution in [1.29, 1.82) is 0 Å². The van der Waals surface area contributed by atoms with Crippen LogP contribution < -0.4 is 0 Å². The van der Waals surface area contributed by atoms with E-state index in [0.29, 0.717) is 11.5 Å². The van der Waals surface area contributed by atoms with E-state index in [2.05, 4.69) is 0 Å². The highest BCUT2D eigenvalue weighted by atomic mass is 16.5. The van der Waals surface area contributed by atoms with Crippen LogP contribution in [0.2, 0.25) is 0 Å². The number of hydroxylamine groups is 2. The second kappa shape index (κ2) is 3.66. The Hall–Kier alpha value is -0.570. The molecule has 1 amide bonds. The molecule has 77 valence electrons. The van der Waals surface area contributed by atoms with Crippen LogP contribution in [0.25, 0.3) is 0 Å². The van der Waals surface area contributed by atoms with Crippen LogP contribution in [0.1, 0.15) is 48.0 Å². The van der Waals surface area contributed by atoms with Gasteiger partial charge in [-0.1, -0.05) is 26.0 Å². The largest absolute Gasteiger partial charge is 0.272 e. The van der Waals surface area contributed by atoms with E-state index in [-0.39, 0.29) is 5.91 Å². The summed E-state index contributed by atoms with van der Waals surface area (Å²) in [5.41, 5.74) is -1.18. The molecular formula is C10H20NO2. The summed E-state index contributed by atoms with van der Waals surface area (Å²) < 4.78 is 0. The quantitative estimate of drug-likeness (QED) is 0.610. The van der Waals surface area contributed by atoms with Crippen molar-refractivity contribution < 1.29 is 10.0 Å². The molecule has 0 aromatic heterocycles. The van der Waals surface area contributed by atoms with Gasteiger partial charge in [-0.05, 0) is 27.2 Å². The van der Waals surface area contributed by atoms with Gasteiger partial charge in [0.25, 0.3) is 5.91 Å². The number of carbonyl (C=O) groups excluding carboxylic acids is 1. The number of carbonyl (C=O) groups is 1. The Morgan fingerprint density at radius 2 is 1.54 bits per heavy atom. The summed E-state index contributed by atoms with van der Waals surface area (Å²) in [6, 6.07) is 0. The maximum Gasteiger partial charge on any atom is 0.254 e. The van der Waals surface area contributed by atoms with Gasteiger partial charge in [-0.3, -0.25) is 4.79 Å². The van der Waals surface area contributed by atoms with Gasteiger partial charge in [0.1, 0.15) is 0 Å². The van der Waals surface area contributed by atoms with E-state index >= 15 is 0 Å². The van der Waals surface area contributed by atoms with Crippen molar-refractivity contribution in [1.82, 2.24) is 5.06 Å². The van der Waals surface area contributed by atoms with Crippen molar-refractivity contribution in [3.63, 3.8) is 0 Å². The molecule has 0 aromatic rings. The van der Waals surface area contributed by atoms with Gasteiger partial charge in [0.2, 0.25) is 0 Å². The molecule has 0 atom stereocenters. The molecular weight excluding hydrogens is 166 g/mol. The first kappa shape index (κ1) is 12.4. The van der Waals surface area contributed by atoms with Crippen LogP contribution in [0, 0.1) is 5.41 Å². The van der Waals surface area contributed by atoms with Gasteiger partial charge in [-0.2, -0.15) is 5.06 Å². The van der Waals surface area contributed by atoms with Gasteiger partial charge in [-0.15, -0.1) is 0 Å². The highest BCUT2D eigenvalue weighted by Gasteiger charge is 2.36. The highest BCUT2D eigenvalue weighted by Crippen LogP contribution is 2.26. The molecule has 1 radical (unpaired) electrons. The third-order valence-electron chi connectivity index (χ3n) is 2.26. The normalized spacial score (nSPS) is 12.8. The molecule has 0 heterocycles.